The zero-order valence-corrected chi connectivity index (χ0v) is 13.6. The third-order valence-corrected chi connectivity index (χ3v) is 5.65. The molecule has 7 nitrogen and oxygen atoms in total. The van der Waals surface area contributed by atoms with Crippen LogP contribution >= 0.6 is 0 Å². The maximum absolute atomic E-state index is 12.5. The summed E-state index contributed by atoms with van der Waals surface area (Å²) in [6.07, 6.45) is 3.10. The van der Waals surface area contributed by atoms with Crippen molar-refractivity contribution < 1.29 is 13.7 Å². The topological polar surface area (TPSA) is 99.7 Å². The van der Waals surface area contributed by atoms with Crippen molar-refractivity contribution in [3.05, 3.63) is 30.6 Å². The summed E-state index contributed by atoms with van der Waals surface area (Å²) in [5.41, 5.74) is 7.80. The second kappa shape index (κ2) is 6.51. The van der Waals surface area contributed by atoms with Crippen LogP contribution in [0.1, 0.15) is 0 Å². The van der Waals surface area contributed by atoms with E-state index in [0.29, 0.717) is 47.7 Å². The first-order chi connectivity index (χ1) is 11.1. The Morgan fingerprint density at radius 2 is 2.04 bits per heavy atom. The molecule has 0 amide bonds. The van der Waals surface area contributed by atoms with E-state index in [1.807, 2.05) is 12.1 Å². The molecule has 1 saturated heterocycles. The summed E-state index contributed by atoms with van der Waals surface area (Å²) >= 11 is 0. The lowest BCUT2D eigenvalue weighted by atomic mass is 10.1. The van der Waals surface area contributed by atoms with Gasteiger partial charge in [0.15, 0.2) is 11.6 Å². The highest BCUT2D eigenvalue weighted by molar-refractivity contribution is 7.93. The van der Waals surface area contributed by atoms with Crippen LogP contribution < -0.4 is 10.5 Å². The number of anilines is 1. The van der Waals surface area contributed by atoms with E-state index in [1.165, 1.54) is 6.20 Å². The second-order valence-electron chi connectivity index (χ2n) is 5.07. The van der Waals surface area contributed by atoms with E-state index in [2.05, 4.69) is 14.3 Å². The fourth-order valence-corrected chi connectivity index (χ4v) is 3.91. The Balaban J connectivity index is 1.93. The van der Waals surface area contributed by atoms with Gasteiger partial charge in [-0.1, -0.05) is 6.07 Å². The van der Waals surface area contributed by atoms with Crippen LogP contribution in [-0.4, -0.2) is 46.0 Å². The van der Waals surface area contributed by atoms with Crippen molar-refractivity contribution in [1.29, 1.82) is 0 Å². The predicted octanol–water partition coefficient (Wildman–Crippen LogP) is 1.86. The van der Waals surface area contributed by atoms with E-state index >= 15 is 0 Å². The second-order valence-corrected chi connectivity index (χ2v) is 7.62. The maximum atomic E-state index is 12.5. The number of nitrogens with zero attached hydrogens (tertiary/aromatic N) is 3. The first kappa shape index (κ1) is 15.7. The van der Waals surface area contributed by atoms with Crippen molar-refractivity contribution in [2.75, 3.05) is 37.6 Å². The minimum Gasteiger partial charge on any atom is -0.494 e. The SMILES string of the molecule is COc1c(N)cccc1-c1cnc(N=S2(=O)CCOCC2)cn1. The van der Waals surface area contributed by atoms with E-state index in [0.717, 1.165) is 5.56 Å². The number of benzene rings is 1. The third-order valence-electron chi connectivity index (χ3n) is 3.52. The van der Waals surface area contributed by atoms with E-state index in [1.54, 1.807) is 19.4 Å². The molecule has 0 unspecified atom stereocenters. The van der Waals surface area contributed by atoms with Crippen LogP contribution in [0.15, 0.2) is 35.0 Å². The summed E-state index contributed by atoms with van der Waals surface area (Å²) < 4.78 is 27.3. The summed E-state index contributed by atoms with van der Waals surface area (Å²) in [5.74, 6) is 1.78. The Morgan fingerprint density at radius 3 is 2.70 bits per heavy atom. The van der Waals surface area contributed by atoms with Crippen LogP contribution in [0.25, 0.3) is 11.3 Å². The molecule has 3 rings (SSSR count). The molecule has 8 heteroatoms. The minimum absolute atomic E-state index is 0.364. The summed E-state index contributed by atoms with van der Waals surface area (Å²) in [6.45, 7) is 0.933. The Hall–Kier alpha value is -2.19. The average Bonchev–Trinajstić information content (AvgIpc) is 2.55. The third kappa shape index (κ3) is 3.43. The van der Waals surface area contributed by atoms with Gasteiger partial charge < -0.3 is 15.2 Å². The van der Waals surface area contributed by atoms with Gasteiger partial charge in [-0.25, -0.2) is 9.19 Å². The lowest BCUT2D eigenvalue weighted by Crippen LogP contribution is -2.25. The van der Waals surface area contributed by atoms with Crippen molar-refractivity contribution in [1.82, 2.24) is 9.97 Å². The molecule has 2 heterocycles. The zero-order chi connectivity index (χ0) is 16.3. The van der Waals surface area contributed by atoms with Gasteiger partial charge in [-0.3, -0.25) is 4.98 Å². The van der Waals surface area contributed by atoms with E-state index in [4.69, 9.17) is 15.2 Å². The Labute approximate surface area is 135 Å². The minimum atomic E-state index is -2.29. The number of nitrogens with two attached hydrogens (primary N) is 1. The summed E-state index contributed by atoms with van der Waals surface area (Å²) in [5, 5.41) is 0. The largest absolute Gasteiger partial charge is 0.494 e. The normalized spacial score (nSPS) is 16.7. The summed E-state index contributed by atoms with van der Waals surface area (Å²) in [6, 6.07) is 5.44. The number of nitrogen functional groups attached to an aromatic ring is 1. The summed E-state index contributed by atoms with van der Waals surface area (Å²) in [7, 11) is -0.730. The fourth-order valence-electron chi connectivity index (χ4n) is 2.34. The monoisotopic (exact) mass is 334 g/mol. The molecule has 0 aliphatic carbocycles. The molecule has 1 aromatic carbocycles. The molecule has 0 bridgehead atoms. The van der Waals surface area contributed by atoms with E-state index in [-0.39, 0.29) is 0 Å². The average molecular weight is 334 g/mol. The standard InChI is InChI=1S/C15H18N4O3S/c1-21-15-11(3-2-4-12(15)16)13-9-18-14(10-17-13)19-23(20)7-5-22-6-8-23/h2-4,9-10H,5-8,16H2,1H3. The molecule has 2 N–H and O–H groups in total. The van der Waals surface area contributed by atoms with Gasteiger partial charge in [-0.15, -0.1) is 0 Å². The van der Waals surface area contributed by atoms with Crippen molar-refractivity contribution in [2.24, 2.45) is 4.36 Å². The molecule has 1 aliphatic rings. The molecule has 0 saturated carbocycles. The molecular formula is C15H18N4O3S. The van der Waals surface area contributed by atoms with Crippen molar-refractivity contribution in [2.45, 2.75) is 0 Å². The fraction of sp³-hybridized carbons (Fsp3) is 0.333. The van der Waals surface area contributed by atoms with Crippen LogP contribution in [0.2, 0.25) is 0 Å². The highest BCUT2D eigenvalue weighted by Crippen LogP contribution is 2.33. The van der Waals surface area contributed by atoms with Gasteiger partial charge in [-0.05, 0) is 12.1 Å². The summed E-state index contributed by atoms with van der Waals surface area (Å²) in [4.78, 5) is 8.60. The number of hydrogen-bond acceptors (Lipinski definition) is 7. The number of hydrogen-bond donors (Lipinski definition) is 1. The van der Waals surface area contributed by atoms with Gasteiger partial charge in [0.25, 0.3) is 0 Å². The number of para-hydroxylation sites is 1. The molecule has 1 aromatic heterocycles. The molecule has 0 atom stereocenters. The number of methoxy groups -OCH3 is 1. The van der Waals surface area contributed by atoms with Crippen LogP contribution in [0, 0.1) is 0 Å². The molecule has 0 radical (unpaired) electrons. The number of rotatable bonds is 3. The highest BCUT2D eigenvalue weighted by Gasteiger charge is 2.16. The van der Waals surface area contributed by atoms with E-state index < -0.39 is 9.73 Å². The van der Waals surface area contributed by atoms with Gasteiger partial charge in [0.1, 0.15) is 0 Å². The highest BCUT2D eigenvalue weighted by atomic mass is 32.2. The lowest BCUT2D eigenvalue weighted by molar-refractivity contribution is 0.158. The lowest BCUT2D eigenvalue weighted by Gasteiger charge is -2.15. The van der Waals surface area contributed by atoms with E-state index in [9.17, 15) is 4.21 Å². The predicted molar refractivity (Wildman–Crippen MR) is 89.2 cm³/mol. The number of ether oxygens (including phenoxy) is 2. The smallest absolute Gasteiger partial charge is 0.180 e. The van der Waals surface area contributed by atoms with Crippen LogP contribution in [-0.2, 0) is 14.5 Å². The van der Waals surface area contributed by atoms with Gasteiger partial charge in [-0.2, -0.15) is 4.36 Å². The van der Waals surface area contributed by atoms with Crippen LogP contribution in [0.3, 0.4) is 0 Å². The first-order valence-corrected chi connectivity index (χ1v) is 9.02. The molecule has 1 aliphatic heterocycles. The first-order valence-electron chi connectivity index (χ1n) is 7.16. The van der Waals surface area contributed by atoms with Crippen molar-refractivity contribution >= 4 is 21.2 Å². The van der Waals surface area contributed by atoms with Crippen LogP contribution in [0.4, 0.5) is 11.5 Å². The molecule has 2 aromatic rings. The van der Waals surface area contributed by atoms with Gasteiger partial charge in [0.05, 0.1) is 65.3 Å². The Kier molecular flexibility index (Phi) is 4.44. The molecule has 1 fully saturated rings. The van der Waals surface area contributed by atoms with Gasteiger partial charge in [0.2, 0.25) is 0 Å². The Bertz CT molecular complexity index is 802. The molecule has 0 spiro atoms. The van der Waals surface area contributed by atoms with Gasteiger partial charge >= 0.3 is 0 Å². The molecule has 122 valence electrons. The van der Waals surface area contributed by atoms with Crippen LogP contribution in [0.5, 0.6) is 5.75 Å². The maximum Gasteiger partial charge on any atom is 0.180 e. The Morgan fingerprint density at radius 1 is 1.26 bits per heavy atom. The van der Waals surface area contributed by atoms with Crippen molar-refractivity contribution in [3.8, 4) is 17.0 Å². The number of aromatic nitrogens is 2. The molecular weight excluding hydrogens is 316 g/mol. The quantitative estimate of drug-likeness (QED) is 0.860. The zero-order valence-electron chi connectivity index (χ0n) is 12.8. The molecule has 23 heavy (non-hydrogen) atoms. The van der Waals surface area contributed by atoms with Crippen molar-refractivity contribution in [3.63, 3.8) is 0 Å². The van der Waals surface area contributed by atoms with Gasteiger partial charge in [0, 0.05) is 5.56 Å².